The van der Waals surface area contributed by atoms with E-state index in [1.165, 1.54) is 12.3 Å². The molecule has 0 bridgehead atoms. The van der Waals surface area contributed by atoms with Gasteiger partial charge in [0.25, 0.3) is 0 Å². The second-order valence-electron chi connectivity index (χ2n) is 8.67. The molecule has 34 heavy (non-hydrogen) atoms. The Bertz CT molecular complexity index is 1140. The van der Waals surface area contributed by atoms with Crippen LogP contribution < -0.4 is 14.7 Å². The summed E-state index contributed by atoms with van der Waals surface area (Å²) in [5, 5.41) is 0. The van der Waals surface area contributed by atoms with Gasteiger partial charge in [-0.15, -0.1) is 0 Å². The van der Waals surface area contributed by atoms with Crippen LogP contribution in [0.15, 0.2) is 42.6 Å². The maximum Gasteiger partial charge on any atom is 0.419 e. The molecule has 5 rings (SSSR count). The van der Waals surface area contributed by atoms with Gasteiger partial charge in [-0.1, -0.05) is 29.8 Å². The zero-order valence-corrected chi connectivity index (χ0v) is 19.0. The summed E-state index contributed by atoms with van der Waals surface area (Å²) in [4.78, 5) is 24.1. The van der Waals surface area contributed by atoms with Gasteiger partial charge in [0.15, 0.2) is 5.82 Å². The lowest BCUT2D eigenvalue weighted by Crippen LogP contribution is -2.48. The molecular weight excluding hydrogens is 443 g/mol. The van der Waals surface area contributed by atoms with Gasteiger partial charge in [-0.25, -0.2) is 4.98 Å². The average molecular weight is 470 g/mol. The lowest BCUT2D eigenvalue weighted by Gasteiger charge is -2.36. The fraction of sp³-hybridized carbons (Fsp3) is 0.417. The minimum atomic E-state index is -4.44. The molecule has 178 valence electrons. The van der Waals surface area contributed by atoms with Gasteiger partial charge in [0.05, 0.1) is 5.56 Å². The largest absolute Gasteiger partial charge is 0.419 e. The monoisotopic (exact) mass is 469 g/mol. The van der Waals surface area contributed by atoms with Crippen LogP contribution in [0.2, 0.25) is 0 Å². The third-order valence-electron chi connectivity index (χ3n) is 6.26. The SMILES string of the molecule is Cc1ccc(-c2nc(N3CCCC3)nc(N3CCN(c4ncccc4C(F)(F)F)CC3)n2)cc1. The van der Waals surface area contributed by atoms with Crippen LogP contribution in [0, 0.1) is 6.92 Å². The van der Waals surface area contributed by atoms with Gasteiger partial charge in [-0.2, -0.15) is 28.1 Å². The van der Waals surface area contributed by atoms with E-state index >= 15 is 0 Å². The van der Waals surface area contributed by atoms with Crippen LogP contribution in [-0.4, -0.2) is 59.2 Å². The molecule has 0 spiro atoms. The van der Waals surface area contributed by atoms with Crippen LogP contribution in [-0.2, 0) is 6.18 Å². The molecule has 2 aromatic heterocycles. The highest BCUT2D eigenvalue weighted by atomic mass is 19.4. The molecule has 1 aromatic carbocycles. The van der Waals surface area contributed by atoms with Crippen LogP contribution in [0.25, 0.3) is 11.4 Å². The zero-order valence-electron chi connectivity index (χ0n) is 19.0. The zero-order chi connectivity index (χ0) is 23.7. The Morgan fingerprint density at radius 2 is 1.32 bits per heavy atom. The fourth-order valence-corrected chi connectivity index (χ4v) is 4.37. The average Bonchev–Trinajstić information content (AvgIpc) is 3.39. The minimum Gasteiger partial charge on any atom is -0.353 e. The standard InChI is InChI=1S/C24H26F3N7/c1-17-6-8-18(9-7-17)20-29-22(33-11-2-3-12-33)31-23(30-20)34-15-13-32(14-16-34)21-19(24(25,26)27)5-4-10-28-21/h4-10H,2-3,11-16H2,1H3. The van der Waals surface area contributed by atoms with Gasteiger partial charge in [0.2, 0.25) is 11.9 Å². The summed E-state index contributed by atoms with van der Waals surface area (Å²) in [6, 6.07) is 10.5. The molecule has 0 saturated carbocycles. The third-order valence-corrected chi connectivity index (χ3v) is 6.26. The predicted molar refractivity (Wildman–Crippen MR) is 125 cm³/mol. The highest BCUT2D eigenvalue weighted by Gasteiger charge is 2.36. The van der Waals surface area contributed by atoms with E-state index in [1.807, 2.05) is 36.1 Å². The van der Waals surface area contributed by atoms with Crippen molar-refractivity contribution >= 4 is 17.7 Å². The molecule has 0 aliphatic carbocycles. The molecule has 0 N–H and O–H groups in total. The number of nitrogens with zero attached hydrogens (tertiary/aromatic N) is 7. The number of pyridine rings is 1. The Balaban J connectivity index is 1.41. The molecule has 7 nitrogen and oxygen atoms in total. The molecule has 2 aliphatic rings. The Morgan fingerprint density at radius 3 is 1.94 bits per heavy atom. The lowest BCUT2D eigenvalue weighted by atomic mass is 10.1. The summed E-state index contributed by atoms with van der Waals surface area (Å²) < 4.78 is 40.4. The number of halogens is 3. The Kier molecular flexibility index (Phi) is 5.97. The highest BCUT2D eigenvalue weighted by Crippen LogP contribution is 2.35. The molecule has 0 amide bonds. The molecule has 0 unspecified atom stereocenters. The Hall–Kier alpha value is -3.43. The summed E-state index contributed by atoms with van der Waals surface area (Å²) in [5.74, 6) is 1.80. The van der Waals surface area contributed by atoms with Gasteiger partial charge in [0, 0.05) is 51.0 Å². The van der Waals surface area contributed by atoms with Crippen LogP contribution in [0.3, 0.4) is 0 Å². The Morgan fingerprint density at radius 1 is 0.735 bits per heavy atom. The second kappa shape index (κ2) is 9.08. The number of rotatable bonds is 4. The van der Waals surface area contributed by atoms with Crippen molar-refractivity contribution in [3.8, 4) is 11.4 Å². The van der Waals surface area contributed by atoms with Crippen molar-refractivity contribution < 1.29 is 13.2 Å². The van der Waals surface area contributed by atoms with Crippen LogP contribution >= 0.6 is 0 Å². The van der Waals surface area contributed by atoms with E-state index in [2.05, 4.69) is 9.88 Å². The van der Waals surface area contributed by atoms with Crippen molar-refractivity contribution in [3.63, 3.8) is 0 Å². The molecule has 2 aliphatic heterocycles. The number of hydrogen-bond donors (Lipinski definition) is 0. The predicted octanol–water partition coefficient (Wildman–Crippen LogP) is 4.19. The minimum absolute atomic E-state index is 0.0246. The summed E-state index contributed by atoms with van der Waals surface area (Å²) in [6.07, 6.45) is -0.835. The molecule has 2 saturated heterocycles. The van der Waals surface area contributed by atoms with Gasteiger partial charge in [-0.3, -0.25) is 0 Å². The third kappa shape index (κ3) is 4.62. The summed E-state index contributed by atoms with van der Waals surface area (Å²) in [7, 11) is 0. The normalized spacial score (nSPS) is 16.9. The van der Waals surface area contributed by atoms with E-state index in [0.717, 1.165) is 43.1 Å². The van der Waals surface area contributed by atoms with Crippen LogP contribution in [0.1, 0.15) is 24.0 Å². The van der Waals surface area contributed by atoms with E-state index in [0.29, 0.717) is 43.9 Å². The summed E-state index contributed by atoms with van der Waals surface area (Å²) in [6.45, 7) is 5.61. The maximum absolute atomic E-state index is 13.5. The first-order valence-electron chi connectivity index (χ1n) is 11.5. The van der Waals surface area contributed by atoms with Crippen molar-refractivity contribution in [2.24, 2.45) is 0 Å². The number of aryl methyl sites for hydroxylation is 1. The molecular formula is C24H26F3N7. The highest BCUT2D eigenvalue weighted by molar-refractivity contribution is 5.59. The summed E-state index contributed by atoms with van der Waals surface area (Å²) >= 11 is 0. The van der Waals surface area contributed by atoms with Gasteiger partial charge >= 0.3 is 6.18 Å². The second-order valence-corrected chi connectivity index (χ2v) is 8.67. The first kappa shape index (κ1) is 22.4. The Labute approximate surface area is 196 Å². The maximum atomic E-state index is 13.5. The van der Waals surface area contributed by atoms with E-state index in [9.17, 15) is 13.2 Å². The van der Waals surface area contributed by atoms with Gasteiger partial charge in [-0.05, 0) is 31.9 Å². The molecule has 4 heterocycles. The van der Waals surface area contributed by atoms with E-state index in [4.69, 9.17) is 15.0 Å². The number of hydrogen-bond acceptors (Lipinski definition) is 7. The summed E-state index contributed by atoms with van der Waals surface area (Å²) in [5.41, 5.74) is 1.36. The van der Waals surface area contributed by atoms with Gasteiger partial charge < -0.3 is 14.7 Å². The first-order valence-corrected chi connectivity index (χ1v) is 11.5. The lowest BCUT2D eigenvalue weighted by molar-refractivity contribution is -0.137. The van der Waals surface area contributed by atoms with Crippen LogP contribution in [0.5, 0.6) is 0 Å². The first-order chi connectivity index (χ1) is 16.4. The number of alkyl halides is 3. The van der Waals surface area contributed by atoms with Crippen molar-refractivity contribution in [1.29, 1.82) is 0 Å². The van der Waals surface area contributed by atoms with Crippen molar-refractivity contribution in [2.75, 3.05) is 54.0 Å². The molecule has 0 radical (unpaired) electrons. The number of piperazine rings is 1. The van der Waals surface area contributed by atoms with Gasteiger partial charge in [0.1, 0.15) is 5.82 Å². The van der Waals surface area contributed by atoms with E-state index < -0.39 is 11.7 Å². The van der Waals surface area contributed by atoms with E-state index in [-0.39, 0.29) is 5.82 Å². The smallest absolute Gasteiger partial charge is 0.353 e. The number of anilines is 3. The van der Waals surface area contributed by atoms with Crippen molar-refractivity contribution in [3.05, 3.63) is 53.7 Å². The molecule has 3 aromatic rings. The molecule has 0 atom stereocenters. The van der Waals surface area contributed by atoms with Crippen molar-refractivity contribution in [2.45, 2.75) is 25.9 Å². The quantitative estimate of drug-likeness (QED) is 0.568. The number of benzene rings is 1. The van der Waals surface area contributed by atoms with Crippen LogP contribution in [0.4, 0.5) is 30.9 Å². The van der Waals surface area contributed by atoms with Crippen molar-refractivity contribution in [1.82, 2.24) is 19.9 Å². The van der Waals surface area contributed by atoms with E-state index in [1.54, 1.807) is 4.90 Å². The molecule has 2 fully saturated rings. The molecule has 10 heteroatoms. The number of aromatic nitrogens is 4. The fourth-order valence-electron chi connectivity index (χ4n) is 4.37. The topological polar surface area (TPSA) is 61.3 Å².